The number of amidine groups is 1. The molecule has 8 heteroatoms. The number of thioether (sulfide) groups is 1. The van der Waals surface area contributed by atoms with Crippen molar-refractivity contribution in [1.29, 1.82) is 0 Å². The smallest absolute Gasteiger partial charge is 0.286 e. The number of aliphatic imine (C=N–C) groups is 1. The van der Waals surface area contributed by atoms with Crippen LogP contribution < -0.4 is 14.2 Å². The highest BCUT2D eigenvalue weighted by Gasteiger charge is 2.27. The monoisotopic (exact) mass is 364 g/mol. The molecule has 2 aliphatic heterocycles. The molecule has 7 nitrogen and oxygen atoms in total. The van der Waals surface area contributed by atoms with Crippen LogP contribution in [0.2, 0.25) is 0 Å². The number of carbonyl (C=O) groups is 1. The van der Waals surface area contributed by atoms with Gasteiger partial charge in [-0.25, -0.2) is 0 Å². The summed E-state index contributed by atoms with van der Waals surface area (Å²) in [5, 5.41) is 0.721. The van der Waals surface area contributed by atoms with Crippen LogP contribution in [0.3, 0.4) is 0 Å². The average Bonchev–Trinajstić information content (AvgIpc) is 3.02. The van der Waals surface area contributed by atoms with Gasteiger partial charge in [0.2, 0.25) is 0 Å². The van der Waals surface area contributed by atoms with Crippen LogP contribution in [0.5, 0.6) is 17.2 Å². The molecule has 1 amide bonds. The summed E-state index contributed by atoms with van der Waals surface area (Å²) < 4.78 is 21.4. The number of rotatable bonds is 4. The van der Waals surface area contributed by atoms with E-state index in [1.54, 1.807) is 39.5 Å². The van der Waals surface area contributed by atoms with Gasteiger partial charge in [-0.1, -0.05) is 0 Å². The fourth-order valence-electron chi connectivity index (χ4n) is 2.59. The molecule has 3 rings (SSSR count). The molecule has 2 aliphatic rings. The predicted octanol–water partition coefficient (Wildman–Crippen LogP) is 2.01. The predicted molar refractivity (Wildman–Crippen MR) is 96.5 cm³/mol. The Balaban J connectivity index is 1.87. The quantitative estimate of drug-likeness (QED) is 0.757. The highest BCUT2D eigenvalue weighted by molar-refractivity contribution is 8.18. The molecule has 0 bridgehead atoms. The molecule has 1 fully saturated rings. The number of hydrogen-bond donors (Lipinski definition) is 0. The van der Waals surface area contributed by atoms with Crippen molar-refractivity contribution < 1.29 is 23.7 Å². The van der Waals surface area contributed by atoms with Crippen molar-refractivity contribution >= 4 is 28.9 Å². The minimum absolute atomic E-state index is 0.247. The first kappa shape index (κ1) is 17.6. The van der Waals surface area contributed by atoms with Crippen molar-refractivity contribution in [3.63, 3.8) is 0 Å². The molecule has 134 valence electrons. The number of carbonyl (C=O) groups excluding carboxylic acids is 1. The lowest BCUT2D eigenvalue weighted by Gasteiger charge is -2.27. The summed E-state index contributed by atoms with van der Waals surface area (Å²) in [5.41, 5.74) is 0.731. The van der Waals surface area contributed by atoms with E-state index in [1.165, 1.54) is 11.8 Å². The second kappa shape index (κ2) is 7.79. The Morgan fingerprint density at radius 3 is 2.36 bits per heavy atom. The number of ether oxygens (including phenoxy) is 4. The van der Waals surface area contributed by atoms with Gasteiger partial charge in [-0.3, -0.25) is 4.79 Å². The van der Waals surface area contributed by atoms with Crippen LogP contribution >= 0.6 is 11.8 Å². The molecule has 0 spiro atoms. The third-order valence-corrected chi connectivity index (χ3v) is 4.96. The van der Waals surface area contributed by atoms with Crippen molar-refractivity contribution in [3.05, 3.63) is 22.6 Å². The maximum atomic E-state index is 12.3. The summed E-state index contributed by atoms with van der Waals surface area (Å²) in [4.78, 5) is 19.1. The van der Waals surface area contributed by atoms with Crippen molar-refractivity contribution in [2.75, 3.05) is 47.6 Å². The van der Waals surface area contributed by atoms with Crippen molar-refractivity contribution in [2.24, 2.45) is 4.99 Å². The van der Waals surface area contributed by atoms with E-state index < -0.39 is 0 Å². The molecule has 1 saturated heterocycles. The fraction of sp³-hybridized carbons (Fsp3) is 0.412. The first-order valence-electron chi connectivity index (χ1n) is 7.81. The fourth-order valence-corrected chi connectivity index (χ4v) is 3.55. The Morgan fingerprint density at radius 2 is 1.72 bits per heavy atom. The maximum Gasteiger partial charge on any atom is 0.286 e. The molecular weight excluding hydrogens is 344 g/mol. The van der Waals surface area contributed by atoms with Crippen LogP contribution in [-0.4, -0.2) is 63.6 Å². The molecular formula is C17H20N2O5S. The topological polar surface area (TPSA) is 69.6 Å². The lowest BCUT2D eigenvalue weighted by atomic mass is 10.1. The Morgan fingerprint density at radius 1 is 1.08 bits per heavy atom. The maximum absolute atomic E-state index is 12.3. The van der Waals surface area contributed by atoms with Gasteiger partial charge < -0.3 is 23.8 Å². The highest BCUT2D eigenvalue weighted by atomic mass is 32.2. The lowest BCUT2D eigenvalue weighted by molar-refractivity contribution is -0.113. The Kier molecular flexibility index (Phi) is 5.50. The zero-order chi connectivity index (χ0) is 17.8. The number of morpholine rings is 1. The number of methoxy groups -OCH3 is 3. The van der Waals surface area contributed by atoms with E-state index in [0.29, 0.717) is 35.4 Å². The van der Waals surface area contributed by atoms with E-state index in [-0.39, 0.29) is 5.91 Å². The van der Waals surface area contributed by atoms with E-state index in [4.69, 9.17) is 18.9 Å². The molecule has 0 aromatic heterocycles. The van der Waals surface area contributed by atoms with Crippen LogP contribution in [-0.2, 0) is 9.53 Å². The summed E-state index contributed by atoms with van der Waals surface area (Å²) in [6, 6.07) is 3.52. The van der Waals surface area contributed by atoms with Crippen molar-refractivity contribution in [2.45, 2.75) is 0 Å². The molecule has 0 radical (unpaired) electrons. The van der Waals surface area contributed by atoms with Gasteiger partial charge in [0, 0.05) is 24.7 Å². The van der Waals surface area contributed by atoms with Crippen LogP contribution in [0.1, 0.15) is 5.56 Å². The number of benzene rings is 1. The summed E-state index contributed by atoms with van der Waals surface area (Å²) >= 11 is 1.37. The second-order valence-electron chi connectivity index (χ2n) is 5.36. The van der Waals surface area contributed by atoms with Gasteiger partial charge in [0.05, 0.1) is 39.4 Å². The van der Waals surface area contributed by atoms with Crippen molar-refractivity contribution in [3.8, 4) is 17.2 Å². The lowest BCUT2D eigenvalue weighted by Crippen LogP contribution is -2.38. The van der Waals surface area contributed by atoms with Crippen molar-refractivity contribution in [1.82, 2.24) is 4.90 Å². The minimum atomic E-state index is -0.247. The molecule has 1 aromatic rings. The van der Waals surface area contributed by atoms with E-state index in [1.807, 2.05) is 0 Å². The molecule has 0 N–H and O–H groups in total. The Hall–Kier alpha value is -2.19. The third kappa shape index (κ3) is 3.74. The highest BCUT2D eigenvalue weighted by Crippen LogP contribution is 2.38. The number of hydrogen-bond acceptors (Lipinski definition) is 7. The van der Waals surface area contributed by atoms with E-state index in [9.17, 15) is 4.79 Å². The normalized spacial score (nSPS) is 19.2. The zero-order valence-electron chi connectivity index (χ0n) is 14.4. The summed E-state index contributed by atoms with van der Waals surface area (Å²) in [6.45, 7) is 2.78. The van der Waals surface area contributed by atoms with Gasteiger partial charge in [-0.15, -0.1) is 0 Å². The summed E-state index contributed by atoms with van der Waals surface area (Å²) in [6.07, 6.45) is 1.77. The largest absolute Gasteiger partial charge is 0.496 e. The van der Waals surface area contributed by atoms with Gasteiger partial charge >= 0.3 is 0 Å². The number of amides is 1. The summed E-state index contributed by atoms with van der Waals surface area (Å²) in [7, 11) is 4.70. The van der Waals surface area contributed by atoms with Crippen LogP contribution in [0, 0.1) is 0 Å². The van der Waals surface area contributed by atoms with E-state index in [0.717, 1.165) is 23.8 Å². The van der Waals surface area contributed by atoms with Crippen LogP contribution in [0.25, 0.3) is 6.08 Å². The first-order valence-corrected chi connectivity index (χ1v) is 8.63. The molecule has 2 heterocycles. The van der Waals surface area contributed by atoms with Crippen LogP contribution in [0.15, 0.2) is 22.0 Å². The molecule has 0 unspecified atom stereocenters. The molecule has 1 aromatic carbocycles. The third-order valence-electron chi connectivity index (χ3n) is 3.91. The molecule has 0 aliphatic carbocycles. The van der Waals surface area contributed by atoms with Gasteiger partial charge in [0.1, 0.15) is 5.75 Å². The Labute approximate surface area is 150 Å². The Bertz CT molecular complexity index is 726. The molecule has 25 heavy (non-hydrogen) atoms. The van der Waals surface area contributed by atoms with E-state index >= 15 is 0 Å². The minimum Gasteiger partial charge on any atom is -0.496 e. The van der Waals surface area contributed by atoms with Gasteiger partial charge in [-0.05, 0) is 23.9 Å². The van der Waals surface area contributed by atoms with Crippen LogP contribution in [0.4, 0.5) is 0 Å². The SMILES string of the molecule is COc1cc(OC)c(OC)cc1C=C1SC(N2CCOCC2)=NC1=O. The van der Waals surface area contributed by atoms with E-state index in [2.05, 4.69) is 9.89 Å². The average molecular weight is 364 g/mol. The molecule has 0 saturated carbocycles. The van der Waals surface area contributed by atoms with Gasteiger partial charge in [-0.2, -0.15) is 4.99 Å². The zero-order valence-corrected chi connectivity index (χ0v) is 15.2. The second-order valence-corrected chi connectivity index (χ2v) is 6.37. The van der Waals surface area contributed by atoms with Gasteiger partial charge in [0.15, 0.2) is 16.7 Å². The number of nitrogens with zero attached hydrogens (tertiary/aromatic N) is 2. The standard InChI is InChI=1S/C17H20N2O5S/c1-21-12-10-14(23-3)13(22-2)8-11(12)9-15-16(20)18-17(25-15)19-4-6-24-7-5-19/h8-10H,4-7H2,1-3H3. The summed E-state index contributed by atoms with van der Waals surface area (Å²) in [5.74, 6) is 1.48. The molecule has 0 atom stereocenters. The first-order chi connectivity index (χ1) is 12.2. The van der Waals surface area contributed by atoms with Gasteiger partial charge in [0.25, 0.3) is 5.91 Å².